The fourth-order valence-electron chi connectivity index (χ4n) is 1.49. The van der Waals surface area contributed by atoms with E-state index < -0.39 is 45.3 Å². The highest BCUT2D eigenvalue weighted by molar-refractivity contribution is 6.04. The number of anilines is 1. The van der Waals surface area contributed by atoms with Crippen molar-refractivity contribution >= 4 is 17.4 Å². The molecule has 0 atom stereocenters. The van der Waals surface area contributed by atoms with E-state index in [4.69, 9.17) is 0 Å². The average molecular weight is 295 g/mol. The van der Waals surface area contributed by atoms with Gasteiger partial charge in [-0.2, -0.15) is 0 Å². The molecule has 0 radical (unpaired) electrons. The van der Waals surface area contributed by atoms with Crippen molar-refractivity contribution in [2.75, 3.05) is 5.32 Å². The van der Waals surface area contributed by atoms with E-state index in [0.29, 0.717) is 6.07 Å². The highest BCUT2D eigenvalue weighted by atomic mass is 19.1. The molecule has 0 saturated heterocycles. The van der Waals surface area contributed by atoms with Gasteiger partial charge in [-0.05, 0) is 18.2 Å². The maximum atomic E-state index is 13.4. The van der Waals surface area contributed by atoms with Crippen LogP contribution in [0, 0.1) is 21.7 Å². The molecule has 0 spiro atoms. The minimum Gasteiger partial charge on any atom is -0.504 e. The predicted molar refractivity (Wildman–Crippen MR) is 66.9 cm³/mol. The first-order valence-electron chi connectivity index (χ1n) is 5.48. The van der Waals surface area contributed by atoms with Crippen LogP contribution in [0.15, 0.2) is 30.5 Å². The zero-order valence-corrected chi connectivity index (χ0v) is 10.2. The maximum Gasteiger partial charge on any atom is 0.291 e. The van der Waals surface area contributed by atoms with Crippen molar-refractivity contribution < 1.29 is 23.6 Å². The summed E-state index contributed by atoms with van der Waals surface area (Å²) in [5.74, 6) is -3.91. The van der Waals surface area contributed by atoms with Gasteiger partial charge in [0.25, 0.3) is 11.6 Å². The number of carbonyl (C=O) groups is 1. The molecule has 21 heavy (non-hydrogen) atoms. The van der Waals surface area contributed by atoms with Crippen molar-refractivity contribution in [2.24, 2.45) is 0 Å². The van der Waals surface area contributed by atoms with Crippen molar-refractivity contribution in [1.82, 2.24) is 4.98 Å². The van der Waals surface area contributed by atoms with Crippen LogP contribution in [0.3, 0.4) is 0 Å². The number of aromatic hydroxyl groups is 1. The third-order valence-corrected chi connectivity index (χ3v) is 2.47. The first-order chi connectivity index (χ1) is 9.88. The Morgan fingerprint density at radius 1 is 1.33 bits per heavy atom. The van der Waals surface area contributed by atoms with Gasteiger partial charge in [0.05, 0.1) is 16.6 Å². The summed E-state index contributed by atoms with van der Waals surface area (Å²) in [5, 5.41) is 22.0. The van der Waals surface area contributed by atoms with E-state index in [1.54, 1.807) is 0 Å². The lowest BCUT2D eigenvalue weighted by Crippen LogP contribution is -2.15. The Labute approximate surface area is 116 Å². The second kappa shape index (κ2) is 5.49. The van der Waals surface area contributed by atoms with Gasteiger partial charge in [0.2, 0.25) is 0 Å². The smallest absolute Gasteiger partial charge is 0.291 e. The predicted octanol–water partition coefficient (Wildman–Crippen LogP) is 2.23. The molecular weight excluding hydrogens is 288 g/mol. The summed E-state index contributed by atoms with van der Waals surface area (Å²) in [7, 11) is 0. The first kappa shape index (κ1) is 14.3. The number of nitrogens with zero attached hydrogens (tertiary/aromatic N) is 2. The van der Waals surface area contributed by atoms with E-state index in [2.05, 4.69) is 4.98 Å². The molecule has 0 aliphatic carbocycles. The quantitative estimate of drug-likeness (QED) is 0.667. The van der Waals surface area contributed by atoms with Gasteiger partial charge in [-0.15, -0.1) is 0 Å². The number of pyridine rings is 1. The van der Waals surface area contributed by atoms with Crippen LogP contribution in [0.4, 0.5) is 20.3 Å². The Bertz CT molecular complexity index is 736. The van der Waals surface area contributed by atoms with Gasteiger partial charge in [0.15, 0.2) is 11.6 Å². The zero-order chi connectivity index (χ0) is 15.6. The number of carbonyl (C=O) groups excluding carboxylic acids is 1. The van der Waals surface area contributed by atoms with Crippen LogP contribution >= 0.6 is 0 Å². The molecule has 0 saturated carbocycles. The Balaban J connectivity index is 2.27. The number of nitrogens with one attached hydrogen (secondary N) is 1. The number of benzene rings is 1. The summed E-state index contributed by atoms with van der Waals surface area (Å²) in [6, 6.07) is 3.05. The minimum absolute atomic E-state index is 0.408. The summed E-state index contributed by atoms with van der Waals surface area (Å²) < 4.78 is 26.4. The standard InChI is InChI=1S/C12H7F2N3O4/c13-6-1-2-9(14)8(3-6)12(19)16-11-10(18)4-7(5-15-11)17(20)21/h1-5,18H,(H,15,16,19). The fraction of sp³-hybridized carbons (Fsp3) is 0. The topological polar surface area (TPSA) is 105 Å². The number of halogens is 2. The molecule has 0 aliphatic heterocycles. The Morgan fingerprint density at radius 3 is 2.67 bits per heavy atom. The van der Waals surface area contributed by atoms with Crippen LogP contribution in [-0.2, 0) is 0 Å². The van der Waals surface area contributed by atoms with Gasteiger partial charge in [-0.3, -0.25) is 14.9 Å². The molecule has 0 unspecified atom stereocenters. The zero-order valence-electron chi connectivity index (χ0n) is 10.2. The van der Waals surface area contributed by atoms with E-state index >= 15 is 0 Å². The SMILES string of the molecule is O=C(Nc1ncc([N+](=O)[O-])cc1O)c1cc(F)ccc1F. The second-order valence-electron chi connectivity index (χ2n) is 3.90. The Kier molecular flexibility index (Phi) is 3.74. The highest BCUT2D eigenvalue weighted by Gasteiger charge is 2.17. The lowest BCUT2D eigenvalue weighted by atomic mass is 10.2. The summed E-state index contributed by atoms with van der Waals surface area (Å²) in [6.45, 7) is 0. The van der Waals surface area contributed by atoms with E-state index in [1.807, 2.05) is 5.32 Å². The Morgan fingerprint density at radius 2 is 2.05 bits per heavy atom. The van der Waals surface area contributed by atoms with Crippen LogP contribution in [0.25, 0.3) is 0 Å². The largest absolute Gasteiger partial charge is 0.504 e. The average Bonchev–Trinajstić information content (AvgIpc) is 2.43. The molecule has 1 amide bonds. The maximum absolute atomic E-state index is 13.4. The summed E-state index contributed by atoms with van der Waals surface area (Å²) >= 11 is 0. The lowest BCUT2D eigenvalue weighted by molar-refractivity contribution is -0.385. The molecule has 0 fully saturated rings. The first-order valence-corrected chi connectivity index (χ1v) is 5.48. The van der Waals surface area contributed by atoms with Crippen molar-refractivity contribution in [2.45, 2.75) is 0 Å². The lowest BCUT2D eigenvalue weighted by Gasteiger charge is -2.07. The number of hydrogen-bond donors (Lipinski definition) is 2. The third-order valence-electron chi connectivity index (χ3n) is 2.47. The summed E-state index contributed by atoms with van der Waals surface area (Å²) in [4.78, 5) is 24.9. The van der Waals surface area contributed by atoms with Crippen LogP contribution in [0.2, 0.25) is 0 Å². The molecule has 1 heterocycles. The Hall–Kier alpha value is -3.10. The third kappa shape index (κ3) is 3.08. The van der Waals surface area contributed by atoms with Crippen molar-refractivity contribution in [3.05, 3.63) is 57.8 Å². The molecule has 0 aliphatic rings. The van der Waals surface area contributed by atoms with E-state index in [0.717, 1.165) is 24.4 Å². The molecule has 1 aromatic carbocycles. The normalized spacial score (nSPS) is 10.2. The molecular formula is C12H7F2N3O4. The van der Waals surface area contributed by atoms with Crippen molar-refractivity contribution in [3.8, 4) is 5.75 Å². The number of hydrogen-bond acceptors (Lipinski definition) is 5. The van der Waals surface area contributed by atoms with Gasteiger partial charge in [-0.1, -0.05) is 0 Å². The van der Waals surface area contributed by atoms with E-state index in [-0.39, 0.29) is 0 Å². The molecule has 108 valence electrons. The molecule has 2 N–H and O–H groups in total. The van der Waals surface area contributed by atoms with Crippen LogP contribution < -0.4 is 5.32 Å². The highest BCUT2D eigenvalue weighted by Crippen LogP contribution is 2.25. The summed E-state index contributed by atoms with van der Waals surface area (Å²) in [6.07, 6.45) is 0.803. The van der Waals surface area contributed by atoms with Gasteiger partial charge in [0, 0.05) is 0 Å². The minimum atomic E-state index is -1.05. The monoisotopic (exact) mass is 295 g/mol. The number of rotatable bonds is 3. The molecule has 2 aromatic rings. The molecule has 2 rings (SSSR count). The van der Waals surface area contributed by atoms with E-state index in [9.17, 15) is 28.8 Å². The van der Waals surface area contributed by atoms with E-state index in [1.165, 1.54) is 0 Å². The van der Waals surface area contributed by atoms with Crippen molar-refractivity contribution in [1.29, 1.82) is 0 Å². The molecule has 9 heteroatoms. The number of nitro groups is 1. The fourth-order valence-corrected chi connectivity index (χ4v) is 1.49. The van der Waals surface area contributed by atoms with Crippen molar-refractivity contribution in [3.63, 3.8) is 0 Å². The van der Waals surface area contributed by atoms with Gasteiger partial charge >= 0.3 is 0 Å². The summed E-state index contributed by atoms with van der Waals surface area (Å²) in [5.41, 5.74) is -1.07. The van der Waals surface area contributed by atoms with Gasteiger partial charge < -0.3 is 10.4 Å². The second-order valence-corrected chi connectivity index (χ2v) is 3.90. The van der Waals surface area contributed by atoms with Gasteiger partial charge in [0.1, 0.15) is 17.8 Å². The molecule has 7 nitrogen and oxygen atoms in total. The van der Waals surface area contributed by atoms with Crippen LogP contribution in [0.5, 0.6) is 5.75 Å². The molecule has 0 bridgehead atoms. The number of aromatic nitrogens is 1. The molecule has 1 aromatic heterocycles. The van der Waals surface area contributed by atoms with Crippen LogP contribution in [-0.4, -0.2) is 20.9 Å². The van der Waals surface area contributed by atoms with Gasteiger partial charge in [-0.25, -0.2) is 13.8 Å². The van der Waals surface area contributed by atoms with Crippen LogP contribution in [0.1, 0.15) is 10.4 Å². The number of amides is 1.